The van der Waals surface area contributed by atoms with Crippen molar-refractivity contribution in [3.8, 4) is 0 Å². The highest BCUT2D eigenvalue weighted by Crippen LogP contribution is 2.24. The van der Waals surface area contributed by atoms with E-state index < -0.39 is 9.84 Å². The Morgan fingerprint density at radius 3 is 2.44 bits per heavy atom. The molecule has 0 amide bonds. The molecule has 0 aliphatic heterocycles. The predicted molar refractivity (Wildman–Crippen MR) is 73.3 cm³/mol. The van der Waals surface area contributed by atoms with E-state index in [2.05, 4.69) is 5.32 Å². The van der Waals surface area contributed by atoms with Crippen molar-refractivity contribution < 1.29 is 13.5 Å². The molecule has 0 aliphatic carbocycles. The van der Waals surface area contributed by atoms with Crippen LogP contribution in [-0.4, -0.2) is 32.4 Å². The maximum atomic E-state index is 11.4. The van der Waals surface area contributed by atoms with Gasteiger partial charge in [0.1, 0.15) is 0 Å². The zero-order valence-electron chi connectivity index (χ0n) is 10.8. The van der Waals surface area contributed by atoms with Crippen LogP contribution in [0, 0.1) is 5.92 Å². The molecule has 4 N–H and O–H groups in total. The lowest BCUT2D eigenvalue weighted by Crippen LogP contribution is -2.26. The monoisotopic (exact) mass is 272 g/mol. The number of sulfone groups is 1. The minimum Gasteiger partial charge on any atom is -0.397 e. The molecule has 0 saturated carbocycles. The summed E-state index contributed by atoms with van der Waals surface area (Å²) in [6, 6.07) is 4.64. The fourth-order valence-electron chi connectivity index (χ4n) is 1.45. The van der Waals surface area contributed by atoms with Gasteiger partial charge in [0.15, 0.2) is 9.84 Å². The Bertz CT molecular complexity index is 514. The van der Waals surface area contributed by atoms with E-state index in [-0.39, 0.29) is 23.5 Å². The molecule has 0 spiro atoms. The number of hydrogen-bond donors (Lipinski definition) is 3. The van der Waals surface area contributed by atoms with E-state index in [4.69, 9.17) is 10.8 Å². The maximum Gasteiger partial charge on any atom is 0.175 e. The topological polar surface area (TPSA) is 92.4 Å². The largest absolute Gasteiger partial charge is 0.397 e. The number of aliphatic hydroxyl groups is 1. The van der Waals surface area contributed by atoms with Crippen LogP contribution in [0.3, 0.4) is 0 Å². The molecule has 0 aromatic heterocycles. The van der Waals surface area contributed by atoms with Crippen molar-refractivity contribution in [2.24, 2.45) is 5.92 Å². The number of hydrogen-bond acceptors (Lipinski definition) is 5. The quantitative estimate of drug-likeness (QED) is 0.698. The highest BCUT2D eigenvalue weighted by Gasteiger charge is 2.14. The zero-order chi connectivity index (χ0) is 13.9. The summed E-state index contributed by atoms with van der Waals surface area (Å²) in [5.74, 6) is 0.0824. The van der Waals surface area contributed by atoms with E-state index in [1.165, 1.54) is 12.1 Å². The Morgan fingerprint density at radius 2 is 2.00 bits per heavy atom. The van der Waals surface area contributed by atoms with Crippen molar-refractivity contribution >= 4 is 21.2 Å². The molecule has 1 aromatic carbocycles. The SMILES string of the molecule is CC(CO)C(C)Nc1ccc(S(C)(=O)=O)cc1N. The first kappa shape index (κ1) is 14.8. The summed E-state index contributed by atoms with van der Waals surface area (Å²) >= 11 is 0. The number of rotatable bonds is 5. The van der Waals surface area contributed by atoms with Gasteiger partial charge in [-0.15, -0.1) is 0 Å². The van der Waals surface area contributed by atoms with Crippen LogP contribution in [0.25, 0.3) is 0 Å². The second kappa shape index (κ2) is 5.58. The molecule has 5 nitrogen and oxygen atoms in total. The minimum absolute atomic E-state index is 0.0429. The molecule has 2 atom stereocenters. The first-order valence-corrected chi connectivity index (χ1v) is 7.62. The number of nitrogens with two attached hydrogens (primary N) is 1. The second-order valence-electron chi connectivity index (χ2n) is 4.61. The van der Waals surface area contributed by atoms with Gasteiger partial charge in [-0.25, -0.2) is 8.42 Å². The highest BCUT2D eigenvalue weighted by atomic mass is 32.2. The summed E-state index contributed by atoms with van der Waals surface area (Å²) < 4.78 is 22.7. The molecule has 6 heteroatoms. The third-order valence-corrected chi connectivity index (χ3v) is 4.09. The minimum atomic E-state index is -3.24. The van der Waals surface area contributed by atoms with Gasteiger partial charge < -0.3 is 16.2 Å². The summed E-state index contributed by atoms with van der Waals surface area (Å²) in [4.78, 5) is 0.202. The first-order chi connectivity index (χ1) is 8.25. The molecule has 2 unspecified atom stereocenters. The number of nitrogen functional groups attached to an aromatic ring is 1. The van der Waals surface area contributed by atoms with E-state index in [1.807, 2.05) is 13.8 Å². The molecule has 0 fully saturated rings. The normalized spacial score (nSPS) is 15.1. The van der Waals surface area contributed by atoms with E-state index in [9.17, 15) is 8.42 Å². The van der Waals surface area contributed by atoms with Crippen LogP contribution in [-0.2, 0) is 9.84 Å². The molecule has 18 heavy (non-hydrogen) atoms. The number of anilines is 2. The van der Waals surface area contributed by atoms with Gasteiger partial charge in [-0.3, -0.25) is 0 Å². The Kier molecular flexibility index (Phi) is 4.59. The van der Waals surface area contributed by atoms with Gasteiger partial charge in [0.05, 0.1) is 16.3 Å². The fraction of sp³-hybridized carbons (Fsp3) is 0.500. The Labute approximate surface area is 108 Å². The van der Waals surface area contributed by atoms with Crippen LogP contribution < -0.4 is 11.1 Å². The summed E-state index contributed by atoms with van der Waals surface area (Å²) in [6.45, 7) is 3.93. The van der Waals surface area contributed by atoms with Crippen molar-refractivity contribution in [2.45, 2.75) is 24.8 Å². The molecule has 0 saturated heterocycles. The van der Waals surface area contributed by atoms with Gasteiger partial charge in [0, 0.05) is 18.9 Å². The van der Waals surface area contributed by atoms with Gasteiger partial charge in [0.25, 0.3) is 0 Å². The Balaban J connectivity index is 2.94. The van der Waals surface area contributed by atoms with Gasteiger partial charge >= 0.3 is 0 Å². The molecule has 1 aromatic rings. The van der Waals surface area contributed by atoms with Crippen LogP contribution in [0.5, 0.6) is 0 Å². The molecule has 0 bridgehead atoms. The van der Waals surface area contributed by atoms with Crippen LogP contribution in [0.1, 0.15) is 13.8 Å². The van der Waals surface area contributed by atoms with Crippen LogP contribution in [0.4, 0.5) is 11.4 Å². The first-order valence-electron chi connectivity index (χ1n) is 5.72. The van der Waals surface area contributed by atoms with Crippen LogP contribution in [0.2, 0.25) is 0 Å². The third kappa shape index (κ3) is 3.61. The summed E-state index contributed by atoms with van der Waals surface area (Å²) in [5.41, 5.74) is 6.88. The van der Waals surface area contributed by atoms with Crippen LogP contribution >= 0.6 is 0 Å². The molecular weight excluding hydrogens is 252 g/mol. The Morgan fingerprint density at radius 1 is 1.39 bits per heavy atom. The van der Waals surface area contributed by atoms with Crippen molar-refractivity contribution in [1.82, 2.24) is 0 Å². The van der Waals surface area contributed by atoms with Crippen molar-refractivity contribution in [3.05, 3.63) is 18.2 Å². The van der Waals surface area contributed by atoms with E-state index in [1.54, 1.807) is 6.07 Å². The molecule has 0 heterocycles. The van der Waals surface area contributed by atoms with Gasteiger partial charge in [-0.1, -0.05) is 6.92 Å². The van der Waals surface area contributed by atoms with Gasteiger partial charge in [0.2, 0.25) is 0 Å². The second-order valence-corrected chi connectivity index (χ2v) is 6.63. The lowest BCUT2D eigenvalue weighted by atomic mass is 10.0. The molecule has 0 radical (unpaired) electrons. The number of nitrogens with one attached hydrogen (secondary N) is 1. The summed E-state index contributed by atoms with van der Waals surface area (Å²) in [5, 5.41) is 12.2. The molecular formula is C12H20N2O3S. The van der Waals surface area contributed by atoms with E-state index in [0.717, 1.165) is 6.26 Å². The van der Waals surface area contributed by atoms with Crippen molar-refractivity contribution in [2.75, 3.05) is 23.9 Å². The zero-order valence-corrected chi connectivity index (χ0v) is 11.7. The van der Waals surface area contributed by atoms with E-state index >= 15 is 0 Å². The molecule has 102 valence electrons. The van der Waals surface area contributed by atoms with Crippen molar-refractivity contribution in [1.29, 1.82) is 0 Å². The number of benzene rings is 1. The van der Waals surface area contributed by atoms with Crippen LogP contribution in [0.15, 0.2) is 23.1 Å². The summed E-state index contributed by atoms with van der Waals surface area (Å²) in [6.07, 6.45) is 1.14. The fourth-order valence-corrected chi connectivity index (χ4v) is 2.10. The average molecular weight is 272 g/mol. The maximum absolute atomic E-state index is 11.4. The van der Waals surface area contributed by atoms with Gasteiger partial charge in [-0.2, -0.15) is 0 Å². The Hall–Kier alpha value is -1.27. The lowest BCUT2D eigenvalue weighted by Gasteiger charge is -2.21. The third-order valence-electron chi connectivity index (χ3n) is 2.98. The van der Waals surface area contributed by atoms with E-state index in [0.29, 0.717) is 11.4 Å². The average Bonchev–Trinajstić information content (AvgIpc) is 2.29. The number of aliphatic hydroxyl groups excluding tert-OH is 1. The smallest absolute Gasteiger partial charge is 0.175 e. The van der Waals surface area contributed by atoms with Crippen molar-refractivity contribution in [3.63, 3.8) is 0 Å². The van der Waals surface area contributed by atoms with Gasteiger partial charge in [-0.05, 0) is 31.0 Å². The lowest BCUT2D eigenvalue weighted by molar-refractivity contribution is 0.226. The highest BCUT2D eigenvalue weighted by molar-refractivity contribution is 7.90. The molecule has 1 rings (SSSR count). The standard InChI is InChI=1S/C12H20N2O3S/c1-8(7-15)9(2)14-12-5-4-10(6-11(12)13)18(3,16)17/h4-6,8-9,14-15H,7,13H2,1-3H3. The predicted octanol–water partition coefficient (Wildman–Crippen LogP) is 1.10. The molecule has 0 aliphatic rings. The summed E-state index contributed by atoms with van der Waals surface area (Å²) in [7, 11) is -3.24.